The standard InChI is InChI=1S/C18H26N2O6S/c1-12-15(27(24,25)20-9-5-6-10-20)11-14(26-12)16(21)19-18(2)8-4-3-7-13(18)17(22)23/h11,13H,3-10H2,1-2H3,(H,19,21)(H,22,23). The highest BCUT2D eigenvalue weighted by atomic mass is 32.2. The van der Waals surface area contributed by atoms with Crippen LogP contribution in [0.5, 0.6) is 0 Å². The van der Waals surface area contributed by atoms with E-state index in [1.807, 2.05) is 0 Å². The lowest BCUT2D eigenvalue weighted by Crippen LogP contribution is -2.55. The molecule has 2 N–H and O–H groups in total. The van der Waals surface area contributed by atoms with Gasteiger partial charge in [-0.15, -0.1) is 0 Å². The maximum Gasteiger partial charge on any atom is 0.308 e. The minimum absolute atomic E-state index is 0.00173. The molecule has 3 rings (SSSR count). The van der Waals surface area contributed by atoms with E-state index in [2.05, 4.69) is 5.32 Å². The molecule has 150 valence electrons. The van der Waals surface area contributed by atoms with Crippen molar-refractivity contribution in [3.05, 3.63) is 17.6 Å². The smallest absolute Gasteiger partial charge is 0.308 e. The molecule has 9 heteroatoms. The van der Waals surface area contributed by atoms with Gasteiger partial charge in [-0.2, -0.15) is 4.31 Å². The summed E-state index contributed by atoms with van der Waals surface area (Å²) in [6.45, 7) is 4.17. The molecule has 1 amide bonds. The number of aryl methyl sites for hydroxylation is 1. The summed E-state index contributed by atoms with van der Waals surface area (Å²) in [7, 11) is -3.69. The van der Waals surface area contributed by atoms with E-state index in [1.165, 1.54) is 17.3 Å². The Kier molecular flexibility index (Phi) is 5.36. The van der Waals surface area contributed by atoms with E-state index in [1.54, 1.807) is 6.92 Å². The second-order valence-electron chi connectivity index (χ2n) is 7.65. The molecular weight excluding hydrogens is 372 g/mol. The summed E-state index contributed by atoms with van der Waals surface area (Å²) in [4.78, 5) is 24.3. The van der Waals surface area contributed by atoms with Crippen LogP contribution in [0.4, 0.5) is 0 Å². The van der Waals surface area contributed by atoms with E-state index >= 15 is 0 Å². The second kappa shape index (κ2) is 7.27. The van der Waals surface area contributed by atoms with Crippen molar-refractivity contribution in [3.8, 4) is 0 Å². The molecule has 2 unspecified atom stereocenters. The topological polar surface area (TPSA) is 117 Å². The summed E-state index contributed by atoms with van der Waals surface area (Å²) in [5, 5.41) is 12.3. The molecule has 1 aliphatic carbocycles. The van der Waals surface area contributed by atoms with Crippen molar-refractivity contribution in [1.29, 1.82) is 0 Å². The van der Waals surface area contributed by atoms with Gasteiger partial charge in [-0.1, -0.05) is 12.8 Å². The SMILES string of the molecule is Cc1oc(C(=O)NC2(C)CCCCC2C(=O)O)cc1S(=O)(=O)N1CCCC1. The van der Waals surface area contributed by atoms with Crippen LogP contribution in [-0.2, 0) is 14.8 Å². The van der Waals surface area contributed by atoms with E-state index in [0.717, 1.165) is 25.7 Å². The molecule has 1 aliphatic heterocycles. The average Bonchev–Trinajstić information content (AvgIpc) is 3.24. The van der Waals surface area contributed by atoms with Crippen LogP contribution in [0.25, 0.3) is 0 Å². The number of sulfonamides is 1. The zero-order valence-electron chi connectivity index (χ0n) is 15.7. The fourth-order valence-corrected chi connectivity index (χ4v) is 5.78. The molecule has 1 saturated carbocycles. The van der Waals surface area contributed by atoms with Gasteiger partial charge < -0.3 is 14.8 Å². The summed E-state index contributed by atoms with van der Waals surface area (Å²) < 4.78 is 32.3. The van der Waals surface area contributed by atoms with Crippen molar-refractivity contribution in [2.75, 3.05) is 13.1 Å². The Labute approximate surface area is 159 Å². The second-order valence-corrected chi connectivity index (χ2v) is 9.56. The summed E-state index contributed by atoms with van der Waals surface area (Å²) in [5.74, 6) is -2.15. The maximum atomic E-state index is 12.7. The van der Waals surface area contributed by atoms with Gasteiger partial charge in [0.25, 0.3) is 5.91 Å². The lowest BCUT2D eigenvalue weighted by atomic mass is 9.74. The highest BCUT2D eigenvalue weighted by Crippen LogP contribution is 2.34. The molecule has 8 nitrogen and oxygen atoms in total. The zero-order valence-corrected chi connectivity index (χ0v) is 16.5. The van der Waals surface area contributed by atoms with Gasteiger partial charge in [0.1, 0.15) is 10.7 Å². The number of nitrogens with zero attached hydrogens (tertiary/aromatic N) is 1. The Bertz CT molecular complexity index is 840. The molecule has 27 heavy (non-hydrogen) atoms. The van der Waals surface area contributed by atoms with Crippen molar-refractivity contribution in [2.45, 2.75) is 62.8 Å². The molecule has 2 heterocycles. The third kappa shape index (κ3) is 3.75. The number of hydrogen-bond donors (Lipinski definition) is 2. The largest absolute Gasteiger partial charge is 0.481 e. The van der Waals surface area contributed by atoms with E-state index in [-0.39, 0.29) is 16.4 Å². The summed E-state index contributed by atoms with van der Waals surface area (Å²) in [6, 6.07) is 1.25. The molecule has 1 aromatic heterocycles. The molecule has 0 radical (unpaired) electrons. The van der Waals surface area contributed by atoms with Gasteiger partial charge in [-0.05, 0) is 39.5 Å². The number of rotatable bonds is 5. The average molecular weight is 398 g/mol. The van der Waals surface area contributed by atoms with Gasteiger partial charge in [-0.3, -0.25) is 9.59 Å². The quantitative estimate of drug-likeness (QED) is 0.785. The minimum Gasteiger partial charge on any atom is -0.481 e. The molecule has 0 bridgehead atoms. The summed E-state index contributed by atoms with van der Waals surface area (Å²) in [5.41, 5.74) is -0.893. The third-order valence-electron chi connectivity index (χ3n) is 5.68. The molecule has 2 atom stereocenters. The molecule has 2 fully saturated rings. The first-order valence-electron chi connectivity index (χ1n) is 9.31. The molecule has 0 aromatic carbocycles. The lowest BCUT2D eigenvalue weighted by Gasteiger charge is -2.39. The summed E-state index contributed by atoms with van der Waals surface area (Å²) in [6.07, 6.45) is 4.32. The van der Waals surface area contributed by atoms with Gasteiger partial charge in [0, 0.05) is 19.2 Å². The van der Waals surface area contributed by atoms with Crippen LogP contribution >= 0.6 is 0 Å². The lowest BCUT2D eigenvalue weighted by molar-refractivity contribution is -0.145. The Morgan fingerprint density at radius 1 is 1.26 bits per heavy atom. The number of hydrogen-bond acceptors (Lipinski definition) is 5. The Balaban J connectivity index is 1.83. The first kappa shape index (κ1) is 19.9. The number of carboxylic acid groups (broad SMARTS) is 1. The van der Waals surface area contributed by atoms with Crippen molar-refractivity contribution in [1.82, 2.24) is 9.62 Å². The molecule has 1 aromatic rings. The zero-order chi connectivity index (χ0) is 19.8. The number of nitrogens with one attached hydrogen (secondary N) is 1. The highest BCUT2D eigenvalue weighted by molar-refractivity contribution is 7.89. The van der Waals surface area contributed by atoms with Crippen LogP contribution < -0.4 is 5.32 Å². The van der Waals surface area contributed by atoms with Crippen LogP contribution in [0.2, 0.25) is 0 Å². The van der Waals surface area contributed by atoms with Crippen LogP contribution in [-0.4, -0.2) is 48.3 Å². The number of carbonyl (C=O) groups is 2. The first-order valence-corrected chi connectivity index (χ1v) is 10.7. The number of amides is 1. The normalized spacial score (nSPS) is 26.8. The van der Waals surface area contributed by atoms with Gasteiger partial charge in [-0.25, -0.2) is 8.42 Å². The van der Waals surface area contributed by atoms with E-state index in [4.69, 9.17) is 4.42 Å². The Hall–Kier alpha value is -1.87. The Morgan fingerprint density at radius 2 is 1.93 bits per heavy atom. The van der Waals surface area contributed by atoms with Crippen LogP contribution in [0, 0.1) is 12.8 Å². The van der Waals surface area contributed by atoms with E-state index < -0.39 is 33.4 Å². The molecule has 0 spiro atoms. The minimum atomic E-state index is -3.69. The first-order chi connectivity index (χ1) is 12.6. The molecule has 1 saturated heterocycles. The molecule has 2 aliphatic rings. The number of carboxylic acids is 1. The van der Waals surface area contributed by atoms with Gasteiger partial charge >= 0.3 is 5.97 Å². The van der Waals surface area contributed by atoms with Crippen LogP contribution in [0.15, 0.2) is 15.4 Å². The van der Waals surface area contributed by atoms with Gasteiger partial charge in [0.05, 0.1) is 11.5 Å². The number of furan rings is 1. The predicted molar refractivity (Wildman–Crippen MR) is 96.9 cm³/mol. The summed E-state index contributed by atoms with van der Waals surface area (Å²) >= 11 is 0. The number of aliphatic carboxylic acids is 1. The van der Waals surface area contributed by atoms with E-state index in [9.17, 15) is 23.1 Å². The fraction of sp³-hybridized carbons (Fsp3) is 0.667. The Morgan fingerprint density at radius 3 is 2.56 bits per heavy atom. The fourth-order valence-electron chi connectivity index (χ4n) is 4.10. The predicted octanol–water partition coefficient (Wildman–Crippen LogP) is 2.14. The molecular formula is C18H26N2O6S. The van der Waals surface area contributed by atoms with Gasteiger partial charge in [0.15, 0.2) is 5.76 Å². The van der Waals surface area contributed by atoms with Crippen molar-refractivity contribution in [2.24, 2.45) is 5.92 Å². The van der Waals surface area contributed by atoms with Crippen LogP contribution in [0.3, 0.4) is 0 Å². The van der Waals surface area contributed by atoms with Crippen molar-refractivity contribution >= 4 is 21.9 Å². The monoisotopic (exact) mass is 398 g/mol. The maximum absolute atomic E-state index is 12.7. The van der Waals surface area contributed by atoms with E-state index in [0.29, 0.717) is 25.9 Å². The van der Waals surface area contributed by atoms with Gasteiger partial charge in [0.2, 0.25) is 10.0 Å². The van der Waals surface area contributed by atoms with Crippen molar-refractivity contribution in [3.63, 3.8) is 0 Å². The van der Waals surface area contributed by atoms with Crippen LogP contribution in [0.1, 0.15) is 61.8 Å². The van der Waals surface area contributed by atoms with Crippen molar-refractivity contribution < 1.29 is 27.5 Å². The third-order valence-corrected chi connectivity index (χ3v) is 7.69. The number of carbonyl (C=O) groups excluding carboxylic acids is 1. The highest BCUT2D eigenvalue weighted by Gasteiger charge is 2.43.